The van der Waals surface area contributed by atoms with Gasteiger partial charge < -0.3 is 14.4 Å². The molecule has 1 amide bonds. The van der Waals surface area contributed by atoms with Crippen LogP contribution < -0.4 is 0 Å². The molecule has 1 unspecified atom stereocenters. The molecule has 82 valence electrons. The number of ether oxygens (including phenoxy) is 2. The van der Waals surface area contributed by atoms with Crippen LogP contribution in [0, 0.1) is 0 Å². The number of rotatable bonds is 2. The summed E-state index contributed by atoms with van der Waals surface area (Å²) >= 11 is 0. The van der Waals surface area contributed by atoms with Crippen molar-refractivity contribution in [1.82, 2.24) is 4.90 Å². The van der Waals surface area contributed by atoms with E-state index in [1.165, 1.54) is 0 Å². The monoisotopic (exact) mass is 201 g/mol. The van der Waals surface area contributed by atoms with Crippen LogP contribution in [0.3, 0.4) is 0 Å². The van der Waals surface area contributed by atoms with Crippen molar-refractivity contribution in [3.8, 4) is 0 Å². The molecule has 1 aliphatic rings. The lowest BCUT2D eigenvalue weighted by molar-refractivity contribution is -0.157. The van der Waals surface area contributed by atoms with Gasteiger partial charge in [0.05, 0.1) is 12.7 Å². The van der Waals surface area contributed by atoms with Gasteiger partial charge in [-0.1, -0.05) is 0 Å². The predicted octanol–water partition coefficient (Wildman–Crippen LogP) is 0.659. The lowest BCUT2D eigenvalue weighted by Gasteiger charge is -2.35. The molecule has 0 aromatic heterocycles. The van der Waals surface area contributed by atoms with Gasteiger partial charge in [0.25, 0.3) is 5.91 Å². The van der Waals surface area contributed by atoms with E-state index in [2.05, 4.69) is 0 Å². The molecular weight excluding hydrogens is 182 g/mol. The summed E-state index contributed by atoms with van der Waals surface area (Å²) in [6, 6.07) is 0. The molecule has 0 spiro atoms. The van der Waals surface area contributed by atoms with Crippen molar-refractivity contribution < 1.29 is 14.3 Å². The van der Waals surface area contributed by atoms with E-state index in [0.717, 1.165) is 0 Å². The molecule has 0 radical (unpaired) electrons. The summed E-state index contributed by atoms with van der Waals surface area (Å²) < 4.78 is 10.5. The minimum Gasteiger partial charge on any atom is -0.375 e. The number of methoxy groups -OCH3 is 1. The average molecular weight is 201 g/mol. The third-order valence-electron chi connectivity index (χ3n) is 2.55. The lowest BCUT2D eigenvalue weighted by Crippen LogP contribution is -2.52. The first-order valence-corrected chi connectivity index (χ1v) is 4.93. The number of carbonyl (C=O) groups excluding carboxylic acids is 1. The Labute approximate surface area is 85.2 Å². The highest BCUT2D eigenvalue weighted by molar-refractivity contribution is 5.84. The number of carbonyl (C=O) groups is 1. The van der Waals surface area contributed by atoms with Gasteiger partial charge in [-0.15, -0.1) is 0 Å². The molecule has 1 rings (SSSR count). The molecule has 0 N–H and O–H groups in total. The zero-order valence-corrected chi connectivity index (χ0v) is 9.37. The van der Waals surface area contributed by atoms with E-state index in [4.69, 9.17) is 9.47 Å². The molecule has 0 aromatic rings. The lowest BCUT2D eigenvalue weighted by atomic mass is 10.1. The standard InChI is InChI=1S/C10H19NO3/c1-8-7-11(5-6-14-8)9(12)10(2,3)13-4/h8H,5-7H2,1-4H3. The largest absolute Gasteiger partial charge is 0.375 e. The molecule has 1 saturated heterocycles. The zero-order chi connectivity index (χ0) is 10.8. The third-order valence-corrected chi connectivity index (χ3v) is 2.55. The first-order valence-electron chi connectivity index (χ1n) is 4.93. The molecule has 4 nitrogen and oxygen atoms in total. The Morgan fingerprint density at radius 1 is 1.57 bits per heavy atom. The molecule has 4 heteroatoms. The van der Waals surface area contributed by atoms with Crippen molar-refractivity contribution in [3.63, 3.8) is 0 Å². The Morgan fingerprint density at radius 3 is 2.71 bits per heavy atom. The maximum Gasteiger partial charge on any atom is 0.254 e. The quantitative estimate of drug-likeness (QED) is 0.658. The van der Waals surface area contributed by atoms with E-state index >= 15 is 0 Å². The molecule has 1 atom stereocenters. The molecule has 0 aliphatic carbocycles. The van der Waals surface area contributed by atoms with E-state index in [-0.39, 0.29) is 12.0 Å². The second-order valence-electron chi connectivity index (χ2n) is 4.15. The fraction of sp³-hybridized carbons (Fsp3) is 0.900. The van der Waals surface area contributed by atoms with Crippen LogP contribution in [0.2, 0.25) is 0 Å². The van der Waals surface area contributed by atoms with Crippen molar-refractivity contribution in [2.45, 2.75) is 32.5 Å². The van der Waals surface area contributed by atoms with Crippen LogP contribution in [-0.4, -0.2) is 49.3 Å². The first-order chi connectivity index (χ1) is 6.47. The summed E-state index contributed by atoms with van der Waals surface area (Å²) in [6.45, 7) is 7.48. The molecule has 1 fully saturated rings. The summed E-state index contributed by atoms with van der Waals surface area (Å²) in [6.07, 6.45) is 0.125. The maximum absolute atomic E-state index is 11.9. The summed E-state index contributed by atoms with van der Waals surface area (Å²) in [5.41, 5.74) is -0.725. The van der Waals surface area contributed by atoms with Gasteiger partial charge >= 0.3 is 0 Å². The smallest absolute Gasteiger partial charge is 0.254 e. The number of hydrogen-bond donors (Lipinski definition) is 0. The molecule has 14 heavy (non-hydrogen) atoms. The molecule has 0 bridgehead atoms. The van der Waals surface area contributed by atoms with Gasteiger partial charge in [0.2, 0.25) is 0 Å². The van der Waals surface area contributed by atoms with Gasteiger partial charge in [-0.25, -0.2) is 0 Å². The minimum absolute atomic E-state index is 0.0372. The van der Waals surface area contributed by atoms with E-state index < -0.39 is 5.60 Å². The van der Waals surface area contributed by atoms with Crippen LogP contribution in [-0.2, 0) is 14.3 Å². The minimum atomic E-state index is -0.725. The van der Waals surface area contributed by atoms with Crippen molar-refractivity contribution in [1.29, 1.82) is 0 Å². The molecule has 0 saturated carbocycles. The van der Waals surface area contributed by atoms with Crippen LogP contribution >= 0.6 is 0 Å². The second kappa shape index (κ2) is 4.28. The van der Waals surface area contributed by atoms with Crippen molar-refractivity contribution in [3.05, 3.63) is 0 Å². The predicted molar refractivity (Wildman–Crippen MR) is 53.1 cm³/mol. The van der Waals surface area contributed by atoms with Gasteiger partial charge in [-0.2, -0.15) is 0 Å². The van der Waals surface area contributed by atoms with Crippen molar-refractivity contribution >= 4 is 5.91 Å². The molecule has 1 heterocycles. The fourth-order valence-corrected chi connectivity index (χ4v) is 1.47. The number of hydrogen-bond acceptors (Lipinski definition) is 3. The van der Waals surface area contributed by atoms with Crippen LogP contribution in [0.25, 0.3) is 0 Å². The van der Waals surface area contributed by atoms with E-state index in [1.807, 2.05) is 6.92 Å². The Balaban J connectivity index is 2.60. The molecular formula is C10H19NO3. The van der Waals surface area contributed by atoms with E-state index in [9.17, 15) is 4.79 Å². The SMILES string of the molecule is COC(C)(C)C(=O)N1CCOC(C)C1. The number of morpholine rings is 1. The maximum atomic E-state index is 11.9. The van der Waals surface area contributed by atoms with Crippen LogP contribution in [0.1, 0.15) is 20.8 Å². The molecule has 0 aromatic carbocycles. The van der Waals surface area contributed by atoms with E-state index in [1.54, 1.807) is 25.9 Å². The summed E-state index contributed by atoms with van der Waals surface area (Å²) in [5.74, 6) is 0.0372. The highest BCUT2D eigenvalue weighted by atomic mass is 16.5. The van der Waals surface area contributed by atoms with E-state index in [0.29, 0.717) is 19.7 Å². The van der Waals surface area contributed by atoms with Gasteiger partial charge in [0.1, 0.15) is 5.60 Å². The van der Waals surface area contributed by atoms with Gasteiger partial charge in [0.15, 0.2) is 0 Å². The highest BCUT2D eigenvalue weighted by Crippen LogP contribution is 2.15. The van der Waals surface area contributed by atoms with Crippen LogP contribution in [0.4, 0.5) is 0 Å². The Bertz CT molecular complexity index is 215. The summed E-state index contributed by atoms with van der Waals surface area (Å²) in [5, 5.41) is 0. The molecule has 1 aliphatic heterocycles. The van der Waals surface area contributed by atoms with Gasteiger partial charge in [-0.05, 0) is 20.8 Å². The zero-order valence-electron chi connectivity index (χ0n) is 9.37. The number of amides is 1. The van der Waals surface area contributed by atoms with Gasteiger partial charge in [0, 0.05) is 20.2 Å². The van der Waals surface area contributed by atoms with Crippen LogP contribution in [0.5, 0.6) is 0 Å². The Hall–Kier alpha value is -0.610. The number of nitrogens with zero attached hydrogens (tertiary/aromatic N) is 1. The Kier molecular flexibility index (Phi) is 3.50. The first kappa shape index (κ1) is 11.5. The third kappa shape index (κ3) is 2.45. The average Bonchev–Trinajstić information content (AvgIpc) is 2.16. The van der Waals surface area contributed by atoms with Crippen LogP contribution in [0.15, 0.2) is 0 Å². The van der Waals surface area contributed by atoms with Crippen molar-refractivity contribution in [2.75, 3.05) is 26.8 Å². The highest BCUT2D eigenvalue weighted by Gasteiger charge is 2.33. The summed E-state index contributed by atoms with van der Waals surface area (Å²) in [7, 11) is 1.56. The van der Waals surface area contributed by atoms with Gasteiger partial charge in [-0.3, -0.25) is 4.79 Å². The second-order valence-corrected chi connectivity index (χ2v) is 4.15. The summed E-state index contributed by atoms with van der Waals surface area (Å²) in [4.78, 5) is 13.7. The fourth-order valence-electron chi connectivity index (χ4n) is 1.47. The normalized spacial score (nSPS) is 23.7. The topological polar surface area (TPSA) is 38.8 Å². The Morgan fingerprint density at radius 2 is 2.21 bits per heavy atom. The van der Waals surface area contributed by atoms with Crippen molar-refractivity contribution in [2.24, 2.45) is 0 Å².